The van der Waals surface area contributed by atoms with E-state index in [1.54, 1.807) is 19.1 Å². The summed E-state index contributed by atoms with van der Waals surface area (Å²) in [7, 11) is -3.69. The molecule has 2 N–H and O–H groups in total. The first kappa shape index (κ1) is 22.5. The molecule has 3 rings (SSSR count). The number of benzene rings is 1. The molecule has 8 nitrogen and oxygen atoms in total. The van der Waals surface area contributed by atoms with Crippen LogP contribution in [-0.2, 0) is 24.6 Å². The number of aromatic nitrogens is 2. The summed E-state index contributed by atoms with van der Waals surface area (Å²) in [6, 6.07) is 9.27. The van der Waals surface area contributed by atoms with Gasteiger partial charge in [-0.2, -0.15) is 8.42 Å². The molecule has 1 aromatic heterocycles. The van der Waals surface area contributed by atoms with Crippen molar-refractivity contribution < 1.29 is 17.3 Å². The van der Waals surface area contributed by atoms with Crippen molar-refractivity contribution in [2.45, 2.75) is 45.3 Å². The van der Waals surface area contributed by atoms with Gasteiger partial charge in [0.05, 0.1) is 31.2 Å². The molecular formula is C21H30N4O4S. The molecule has 1 saturated heterocycles. The average molecular weight is 435 g/mol. The highest BCUT2D eigenvalue weighted by atomic mass is 32.2. The Hall–Kier alpha value is -2.23. The van der Waals surface area contributed by atoms with E-state index in [0.29, 0.717) is 43.4 Å². The third-order valence-electron chi connectivity index (χ3n) is 5.15. The molecule has 1 aliphatic rings. The maximum atomic E-state index is 12.0. The highest BCUT2D eigenvalue weighted by molar-refractivity contribution is 7.86. The molecule has 0 spiro atoms. The lowest BCUT2D eigenvalue weighted by molar-refractivity contribution is 0.0806. The second-order valence-corrected chi connectivity index (χ2v) is 9.52. The number of nitrogens with zero attached hydrogens (tertiary/aromatic N) is 3. The summed E-state index contributed by atoms with van der Waals surface area (Å²) >= 11 is 0. The second-order valence-electron chi connectivity index (χ2n) is 7.94. The maximum Gasteiger partial charge on any atom is 0.265 e. The van der Waals surface area contributed by atoms with E-state index in [4.69, 9.17) is 24.6 Å². The number of hydrogen-bond acceptors (Lipinski definition) is 8. The van der Waals surface area contributed by atoms with Gasteiger partial charge in [0.2, 0.25) is 0 Å². The summed E-state index contributed by atoms with van der Waals surface area (Å²) in [5.74, 6) is 1.22. The summed E-state index contributed by atoms with van der Waals surface area (Å²) in [4.78, 5) is 11.7. The van der Waals surface area contributed by atoms with Crippen molar-refractivity contribution in [3.63, 3.8) is 0 Å². The molecule has 1 unspecified atom stereocenters. The van der Waals surface area contributed by atoms with Crippen LogP contribution in [0.4, 0.5) is 11.5 Å². The lowest BCUT2D eigenvalue weighted by atomic mass is 9.95. The number of hydrogen-bond donors (Lipinski definition) is 1. The van der Waals surface area contributed by atoms with E-state index >= 15 is 0 Å². The van der Waals surface area contributed by atoms with Gasteiger partial charge >= 0.3 is 0 Å². The third-order valence-corrected chi connectivity index (χ3v) is 5.82. The number of nitrogen functional groups attached to an aromatic ring is 1. The molecule has 9 heteroatoms. The fourth-order valence-corrected chi connectivity index (χ4v) is 4.54. The molecule has 2 aromatic rings. The molecule has 0 bridgehead atoms. The number of morpholine rings is 1. The Morgan fingerprint density at radius 1 is 1.30 bits per heavy atom. The van der Waals surface area contributed by atoms with Crippen LogP contribution in [0.2, 0.25) is 0 Å². The quantitative estimate of drug-likeness (QED) is 0.523. The van der Waals surface area contributed by atoms with E-state index in [9.17, 15) is 8.42 Å². The van der Waals surface area contributed by atoms with Gasteiger partial charge in [-0.05, 0) is 44.5 Å². The van der Waals surface area contributed by atoms with Gasteiger partial charge in [0, 0.05) is 23.9 Å². The number of ether oxygens (including phenoxy) is 1. The summed E-state index contributed by atoms with van der Waals surface area (Å²) < 4.78 is 35.1. The van der Waals surface area contributed by atoms with Gasteiger partial charge in [0.25, 0.3) is 10.1 Å². The first-order valence-corrected chi connectivity index (χ1v) is 11.9. The topological polar surface area (TPSA) is 108 Å². The fourth-order valence-electron chi connectivity index (χ4n) is 3.70. The number of anilines is 2. The van der Waals surface area contributed by atoms with Gasteiger partial charge in [0.15, 0.2) is 5.82 Å². The molecule has 0 saturated carbocycles. The monoisotopic (exact) mass is 434 g/mol. The largest absolute Gasteiger partial charge is 0.399 e. The van der Waals surface area contributed by atoms with Crippen molar-refractivity contribution in [1.82, 2.24) is 9.97 Å². The zero-order chi connectivity index (χ0) is 21.9. The third kappa shape index (κ3) is 5.27. The van der Waals surface area contributed by atoms with Gasteiger partial charge in [-0.1, -0.05) is 13.3 Å². The highest BCUT2D eigenvalue weighted by Crippen LogP contribution is 2.34. The summed E-state index contributed by atoms with van der Waals surface area (Å²) in [5, 5.41) is 0. The van der Waals surface area contributed by atoms with Crippen LogP contribution in [0.25, 0.3) is 11.4 Å². The maximum absolute atomic E-state index is 12.0. The van der Waals surface area contributed by atoms with Gasteiger partial charge in [-0.3, -0.25) is 4.18 Å². The van der Waals surface area contributed by atoms with E-state index < -0.39 is 15.7 Å². The molecule has 0 aliphatic carbocycles. The van der Waals surface area contributed by atoms with Crippen molar-refractivity contribution in [2.24, 2.45) is 0 Å². The molecular weight excluding hydrogens is 404 g/mol. The lowest BCUT2D eigenvalue weighted by Crippen LogP contribution is -2.44. The minimum Gasteiger partial charge on any atom is -0.399 e. The molecule has 1 aromatic carbocycles. The SMILES string of the molecule is CCCC(C)(OS(C)(=O)=O)c1cc(N2CCOC[C@@H]2C)nc(-c2ccc(N)cc2)n1. The van der Waals surface area contributed by atoms with Crippen LogP contribution in [-0.4, -0.2) is 50.4 Å². The molecule has 2 heterocycles. The van der Waals surface area contributed by atoms with Crippen LogP contribution in [0.3, 0.4) is 0 Å². The molecule has 0 radical (unpaired) electrons. The molecule has 2 atom stereocenters. The minimum atomic E-state index is -3.69. The zero-order valence-corrected chi connectivity index (χ0v) is 18.8. The molecule has 30 heavy (non-hydrogen) atoms. The Labute approximate surface area is 178 Å². The number of rotatable bonds is 7. The second kappa shape index (κ2) is 8.87. The minimum absolute atomic E-state index is 0.133. The van der Waals surface area contributed by atoms with E-state index in [1.807, 2.05) is 25.1 Å². The normalized spacial score (nSPS) is 19.5. The molecule has 0 amide bonds. The molecule has 1 fully saturated rings. The average Bonchev–Trinajstić information content (AvgIpc) is 2.67. The Bertz CT molecular complexity index is 981. The van der Waals surface area contributed by atoms with Gasteiger partial charge in [-0.25, -0.2) is 9.97 Å². The predicted octanol–water partition coefficient (Wildman–Crippen LogP) is 2.94. The van der Waals surface area contributed by atoms with Crippen LogP contribution < -0.4 is 10.6 Å². The van der Waals surface area contributed by atoms with Crippen molar-refractivity contribution >= 4 is 21.6 Å². The summed E-state index contributed by atoms with van der Waals surface area (Å²) in [6.07, 6.45) is 2.29. The molecule has 164 valence electrons. The Morgan fingerprint density at radius 3 is 2.60 bits per heavy atom. The van der Waals surface area contributed by atoms with E-state index in [1.165, 1.54) is 0 Å². The molecule has 1 aliphatic heterocycles. The summed E-state index contributed by atoms with van der Waals surface area (Å²) in [6.45, 7) is 7.71. The standard InChI is InChI=1S/C21H30N4O4S/c1-5-10-21(3,29-30(4,26)27)18-13-19(25-11-12-28-14-15(25)2)24-20(23-18)16-6-8-17(22)9-7-16/h6-9,13,15H,5,10-12,14,22H2,1-4H3/t15-,21?/m0/s1. The van der Waals surface area contributed by atoms with Crippen LogP contribution in [0.5, 0.6) is 0 Å². The van der Waals surface area contributed by atoms with Gasteiger partial charge in [0.1, 0.15) is 11.4 Å². The number of nitrogens with two attached hydrogens (primary N) is 1. The lowest BCUT2D eigenvalue weighted by Gasteiger charge is -2.35. The fraction of sp³-hybridized carbons (Fsp3) is 0.524. The van der Waals surface area contributed by atoms with Crippen LogP contribution in [0.15, 0.2) is 30.3 Å². The highest BCUT2D eigenvalue weighted by Gasteiger charge is 2.35. The van der Waals surface area contributed by atoms with Crippen molar-refractivity contribution in [3.8, 4) is 11.4 Å². The predicted molar refractivity (Wildman–Crippen MR) is 118 cm³/mol. The first-order valence-electron chi connectivity index (χ1n) is 10.1. The van der Waals surface area contributed by atoms with Crippen molar-refractivity contribution in [3.05, 3.63) is 36.0 Å². The van der Waals surface area contributed by atoms with E-state index in [0.717, 1.165) is 24.1 Å². The zero-order valence-electron chi connectivity index (χ0n) is 18.0. The van der Waals surface area contributed by atoms with Crippen LogP contribution in [0, 0.1) is 0 Å². The van der Waals surface area contributed by atoms with E-state index in [2.05, 4.69) is 11.8 Å². The van der Waals surface area contributed by atoms with Crippen LogP contribution in [0.1, 0.15) is 39.3 Å². The Balaban J connectivity index is 2.16. The van der Waals surface area contributed by atoms with Crippen LogP contribution >= 0.6 is 0 Å². The van der Waals surface area contributed by atoms with Crippen molar-refractivity contribution in [1.29, 1.82) is 0 Å². The Morgan fingerprint density at radius 2 is 2.00 bits per heavy atom. The Kier molecular flexibility index (Phi) is 6.64. The van der Waals surface area contributed by atoms with Gasteiger partial charge in [-0.15, -0.1) is 0 Å². The summed E-state index contributed by atoms with van der Waals surface area (Å²) in [5.41, 5.74) is 6.71. The van der Waals surface area contributed by atoms with Gasteiger partial charge < -0.3 is 15.4 Å². The smallest absolute Gasteiger partial charge is 0.265 e. The first-order chi connectivity index (χ1) is 14.1. The van der Waals surface area contributed by atoms with E-state index in [-0.39, 0.29) is 6.04 Å². The van der Waals surface area contributed by atoms with Crippen molar-refractivity contribution in [2.75, 3.05) is 36.6 Å².